The second-order valence-corrected chi connectivity index (χ2v) is 8.65. The van der Waals surface area contributed by atoms with Crippen molar-refractivity contribution < 1.29 is 18.3 Å². The number of benzene rings is 2. The Morgan fingerprint density at radius 3 is 2.41 bits per heavy atom. The predicted molar refractivity (Wildman–Crippen MR) is 104 cm³/mol. The highest BCUT2D eigenvalue weighted by molar-refractivity contribution is 7.89. The number of rotatable bonds is 4. The van der Waals surface area contributed by atoms with E-state index in [1.165, 1.54) is 22.5 Å². The lowest BCUT2D eigenvalue weighted by molar-refractivity contribution is 0.0694. The first-order chi connectivity index (χ1) is 12.8. The van der Waals surface area contributed by atoms with Crippen LogP contribution in [0.3, 0.4) is 0 Å². The van der Waals surface area contributed by atoms with Crippen molar-refractivity contribution >= 4 is 27.5 Å². The SMILES string of the molecule is CCc1ccc(O)c(C(=O)N2CCN(S(=O)(=O)c3ccccc3Cl)CC2)c1. The van der Waals surface area contributed by atoms with Crippen LogP contribution >= 0.6 is 11.6 Å². The van der Waals surface area contributed by atoms with Gasteiger partial charge in [0, 0.05) is 26.2 Å². The largest absolute Gasteiger partial charge is 0.507 e. The lowest BCUT2D eigenvalue weighted by Crippen LogP contribution is -2.50. The van der Waals surface area contributed by atoms with Crippen molar-refractivity contribution in [2.45, 2.75) is 18.2 Å². The lowest BCUT2D eigenvalue weighted by Gasteiger charge is -2.34. The minimum Gasteiger partial charge on any atom is -0.507 e. The van der Waals surface area contributed by atoms with E-state index >= 15 is 0 Å². The molecule has 1 heterocycles. The second-order valence-electron chi connectivity index (χ2n) is 6.33. The maximum atomic E-state index is 12.8. The van der Waals surface area contributed by atoms with Gasteiger partial charge in [0.1, 0.15) is 10.6 Å². The molecule has 0 unspecified atom stereocenters. The summed E-state index contributed by atoms with van der Waals surface area (Å²) in [5.74, 6) is -0.360. The number of piperazine rings is 1. The minimum atomic E-state index is -3.71. The topological polar surface area (TPSA) is 77.9 Å². The molecule has 3 rings (SSSR count). The minimum absolute atomic E-state index is 0.0664. The molecule has 2 aromatic carbocycles. The normalized spacial score (nSPS) is 15.7. The molecule has 0 radical (unpaired) electrons. The summed E-state index contributed by atoms with van der Waals surface area (Å²) >= 11 is 6.03. The first kappa shape index (κ1) is 19.7. The zero-order chi connectivity index (χ0) is 19.6. The van der Waals surface area contributed by atoms with Crippen LogP contribution in [0.25, 0.3) is 0 Å². The van der Waals surface area contributed by atoms with E-state index < -0.39 is 10.0 Å². The Morgan fingerprint density at radius 1 is 1.11 bits per heavy atom. The third-order valence-corrected chi connectivity index (χ3v) is 7.08. The number of hydrogen-bond donors (Lipinski definition) is 1. The van der Waals surface area contributed by atoms with Crippen LogP contribution in [0.1, 0.15) is 22.8 Å². The van der Waals surface area contributed by atoms with Gasteiger partial charge < -0.3 is 10.0 Å². The monoisotopic (exact) mass is 408 g/mol. The summed E-state index contributed by atoms with van der Waals surface area (Å²) in [6, 6.07) is 11.3. The zero-order valence-electron chi connectivity index (χ0n) is 14.9. The summed E-state index contributed by atoms with van der Waals surface area (Å²) in [5.41, 5.74) is 1.20. The number of amides is 1. The quantitative estimate of drug-likeness (QED) is 0.843. The maximum absolute atomic E-state index is 12.8. The van der Waals surface area contributed by atoms with Gasteiger partial charge in [-0.05, 0) is 36.2 Å². The van der Waals surface area contributed by atoms with Gasteiger partial charge in [-0.2, -0.15) is 4.31 Å². The molecule has 1 aliphatic rings. The molecule has 1 amide bonds. The maximum Gasteiger partial charge on any atom is 0.257 e. The summed E-state index contributed by atoms with van der Waals surface area (Å²) in [7, 11) is -3.71. The molecule has 1 saturated heterocycles. The Morgan fingerprint density at radius 2 is 1.78 bits per heavy atom. The summed E-state index contributed by atoms with van der Waals surface area (Å²) in [6.45, 7) is 2.82. The fourth-order valence-electron chi connectivity index (χ4n) is 3.07. The molecule has 0 aliphatic carbocycles. The number of aromatic hydroxyl groups is 1. The molecule has 0 saturated carbocycles. The Bertz CT molecular complexity index is 954. The van der Waals surface area contributed by atoms with Gasteiger partial charge in [0.25, 0.3) is 5.91 Å². The van der Waals surface area contributed by atoms with Gasteiger partial charge in [0.15, 0.2) is 0 Å². The number of hydrogen-bond acceptors (Lipinski definition) is 4. The average Bonchev–Trinajstić information content (AvgIpc) is 2.68. The highest BCUT2D eigenvalue weighted by Gasteiger charge is 2.32. The molecule has 0 spiro atoms. The van der Waals surface area contributed by atoms with Crippen molar-refractivity contribution in [1.82, 2.24) is 9.21 Å². The highest BCUT2D eigenvalue weighted by atomic mass is 35.5. The fourth-order valence-corrected chi connectivity index (χ4v) is 4.98. The first-order valence-corrected chi connectivity index (χ1v) is 10.5. The molecule has 27 heavy (non-hydrogen) atoms. The molecule has 1 N–H and O–H groups in total. The first-order valence-electron chi connectivity index (χ1n) is 8.70. The van der Waals surface area contributed by atoms with E-state index in [2.05, 4.69) is 0 Å². The van der Waals surface area contributed by atoms with Crippen LogP contribution < -0.4 is 0 Å². The van der Waals surface area contributed by atoms with Crippen LogP contribution in [0.2, 0.25) is 5.02 Å². The average molecular weight is 409 g/mol. The molecule has 0 bridgehead atoms. The molecule has 0 aromatic heterocycles. The number of phenols is 1. The number of aryl methyl sites for hydroxylation is 1. The van der Waals surface area contributed by atoms with E-state index in [1.807, 2.05) is 6.92 Å². The van der Waals surface area contributed by atoms with Crippen molar-refractivity contribution in [3.63, 3.8) is 0 Å². The smallest absolute Gasteiger partial charge is 0.257 e. The van der Waals surface area contributed by atoms with Crippen LogP contribution in [-0.4, -0.2) is 54.8 Å². The van der Waals surface area contributed by atoms with E-state index in [0.29, 0.717) is 0 Å². The number of sulfonamides is 1. The van der Waals surface area contributed by atoms with Gasteiger partial charge in [0.05, 0.1) is 10.6 Å². The fraction of sp³-hybridized carbons (Fsp3) is 0.316. The molecule has 2 aromatic rings. The van der Waals surface area contributed by atoms with Gasteiger partial charge in [-0.25, -0.2) is 8.42 Å². The summed E-state index contributed by atoms with van der Waals surface area (Å²) in [6.07, 6.45) is 0.754. The summed E-state index contributed by atoms with van der Waals surface area (Å²) in [4.78, 5) is 14.4. The number of phenolic OH excluding ortho intramolecular Hbond substituents is 1. The number of halogens is 1. The molecular weight excluding hydrogens is 388 g/mol. The van der Waals surface area contributed by atoms with Crippen molar-refractivity contribution in [1.29, 1.82) is 0 Å². The second kappa shape index (κ2) is 7.88. The standard InChI is InChI=1S/C19H21ClN2O4S/c1-2-14-7-8-17(23)15(13-14)19(24)21-9-11-22(12-10-21)27(25,26)18-6-4-3-5-16(18)20/h3-8,13,23H,2,9-12H2,1H3. The predicted octanol–water partition coefficient (Wildman–Crippen LogP) is 2.75. The van der Waals surface area contributed by atoms with Gasteiger partial charge in [0.2, 0.25) is 10.0 Å². The summed E-state index contributed by atoms with van der Waals surface area (Å²) in [5, 5.41) is 10.2. The highest BCUT2D eigenvalue weighted by Crippen LogP contribution is 2.26. The van der Waals surface area contributed by atoms with Gasteiger partial charge in [-0.15, -0.1) is 0 Å². The van der Waals surface area contributed by atoms with Crippen molar-refractivity contribution in [2.75, 3.05) is 26.2 Å². The van der Waals surface area contributed by atoms with Crippen LogP contribution in [-0.2, 0) is 16.4 Å². The van der Waals surface area contributed by atoms with E-state index in [1.54, 1.807) is 29.2 Å². The van der Waals surface area contributed by atoms with Crippen molar-refractivity contribution in [2.24, 2.45) is 0 Å². The molecule has 0 atom stereocenters. The third-order valence-electron chi connectivity index (χ3n) is 4.68. The Labute approximate surface area is 164 Å². The number of carbonyl (C=O) groups excluding carboxylic acids is 1. The molecular formula is C19H21ClN2O4S. The Kier molecular flexibility index (Phi) is 5.74. The van der Waals surface area contributed by atoms with E-state index in [0.717, 1.165) is 12.0 Å². The van der Waals surface area contributed by atoms with Crippen LogP contribution in [0.4, 0.5) is 0 Å². The lowest BCUT2D eigenvalue weighted by atomic mass is 10.1. The number of nitrogens with zero attached hydrogens (tertiary/aromatic N) is 2. The Balaban J connectivity index is 1.74. The third kappa shape index (κ3) is 3.95. The number of carbonyl (C=O) groups is 1. The molecule has 1 fully saturated rings. The molecule has 8 heteroatoms. The molecule has 144 valence electrons. The van der Waals surface area contributed by atoms with Crippen LogP contribution in [0, 0.1) is 0 Å². The van der Waals surface area contributed by atoms with Gasteiger partial charge in [-0.3, -0.25) is 4.79 Å². The molecule has 6 nitrogen and oxygen atoms in total. The van der Waals surface area contributed by atoms with Crippen LogP contribution in [0.15, 0.2) is 47.4 Å². The Hall–Kier alpha value is -2.09. The van der Waals surface area contributed by atoms with Crippen molar-refractivity contribution in [3.8, 4) is 5.75 Å². The van der Waals surface area contributed by atoms with E-state index in [9.17, 15) is 18.3 Å². The van der Waals surface area contributed by atoms with Gasteiger partial charge in [-0.1, -0.05) is 36.7 Å². The zero-order valence-corrected chi connectivity index (χ0v) is 16.5. The molecule has 1 aliphatic heterocycles. The van der Waals surface area contributed by atoms with Gasteiger partial charge >= 0.3 is 0 Å². The van der Waals surface area contributed by atoms with Crippen molar-refractivity contribution in [3.05, 3.63) is 58.6 Å². The van der Waals surface area contributed by atoms with Crippen LogP contribution in [0.5, 0.6) is 5.75 Å². The van der Waals surface area contributed by atoms with E-state index in [4.69, 9.17) is 11.6 Å². The summed E-state index contributed by atoms with van der Waals surface area (Å²) < 4.78 is 26.9. The van der Waals surface area contributed by atoms with E-state index in [-0.39, 0.29) is 53.3 Å².